The van der Waals surface area contributed by atoms with Gasteiger partial charge >= 0.3 is 0 Å². The summed E-state index contributed by atoms with van der Waals surface area (Å²) in [6.07, 6.45) is 0. The van der Waals surface area contributed by atoms with Gasteiger partial charge in [-0.15, -0.1) is 0 Å². The molecule has 2 aromatic carbocycles. The Balaban J connectivity index is 2.23. The van der Waals surface area contributed by atoms with Crippen LogP contribution in [-0.2, 0) is 9.59 Å². The van der Waals surface area contributed by atoms with Crippen LogP contribution in [0.5, 0.6) is 0 Å². The number of benzene rings is 2. The zero-order valence-electron chi connectivity index (χ0n) is 14.3. The van der Waals surface area contributed by atoms with E-state index in [1.165, 1.54) is 4.90 Å². The number of nitrogens with two attached hydrogens (primary N) is 2. The van der Waals surface area contributed by atoms with E-state index < -0.39 is 29.3 Å². The number of carbonyl (C=O) groups excluding carboxylic acids is 2. The molecule has 0 saturated heterocycles. The second-order valence-corrected chi connectivity index (χ2v) is 6.39. The minimum absolute atomic E-state index is 0.485. The summed E-state index contributed by atoms with van der Waals surface area (Å²) in [5.74, 6) is -0.986. The molecule has 1 aliphatic heterocycles. The van der Waals surface area contributed by atoms with Gasteiger partial charge in [0.25, 0.3) is 5.91 Å². The van der Waals surface area contributed by atoms with Gasteiger partial charge in [0, 0.05) is 7.05 Å². The first-order chi connectivity index (χ1) is 11.9. The Hall–Kier alpha value is -2.70. The number of hydrogen-bond acceptors (Lipinski definition) is 5. The second kappa shape index (κ2) is 6.31. The molecular formula is C19H22N4O2. The lowest BCUT2D eigenvalue weighted by Crippen LogP contribution is -2.67. The lowest BCUT2D eigenvalue weighted by molar-refractivity contribution is -0.135. The van der Waals surface area contributed by atoms with Gasteiger partial charge in [-0.1, -0.05) is 42.5 Å². The van der Waals surface area contributed by atoms with Crippen LogP contribution in [0.2, 0.25) is 0 Å². The van der Waals surface area contributed by atoms with Crippen LogP contribution in [0.1, 0.15) is 18.5 Å². The van der Waals surface area contributed by atoms with E-state index in [2.05, 4.69) is 5.32 Å². The number of likely N-dealkylation sites (N-methyl/N-ethyl adjacent to an activating group) is 1. The SMILES string of the molecule is C[C@H](N)C(=O)C1(N)C(=O)N(C)c2ccccc2NC1c1ccccc1. The second-order valence-electron chi connectivity index (χ2n) is 6.39. The van der Waals surface area contributed by atoms with Gasteiger partial charge in [0.15, 0.2) is 11.3 Å². The number of para-hydroxylation sites is 2. The minimum atomic E-state index is -1.82. The lowest BCUT2D eigenvalue weighted by Gasteiger charge is -2.36. The maximum Gasteiger partial charge on any atom is 0.257 e. The normalized spacial score (nSPS) is 24.1. The molecule has 130 valence electrons. The van der Waals surface area contributed by atoms with Gasteiger partial charge in [-0.05, 0) is 24.6 Å². The summed E-state index contributed by atoms with van der Waals surface area (Å²) < 4.78 is 0. The van der Waals surface area contributed by atoms with E-state index >= 15 is 0 Å². The predicted octanol–water partition coefficient (Wildman–Crippen LogP) is 1.43. The zero-order valence-corrected chi connectivity index (χ0v) is 14.3. The monoisotopic (exact) mass is 338 g/mol. The largest absolute Gasteiger partial charge is 0.374 e. The van der Waals surface area contributed by atoms with Crippen molar-refractivity contribution in [3.63, 3.8) is 0 Å². The number of nitrogens with one attached hydrogen (secondary N) is 1. The van der Waals surface area contributed by atoms with Gasteiger partial charge in [0.1, 0.15) is 0 Å². The quantitative estimate of drug-likeness (QED) is 0.735. The fourth-order valence-corrected chi connectivity index (χ4v) is 3.28. The average molecular weight is 338 g/mol. The van der Waals surface area contributed by atoms with Crippen LogP contribution >= 0.6 is 0 Å². The van der Waals surface area contributed by atoms with Crippen LogP contribution in [0.25, 0.3) is 0 Å². The first-order valence-corrected chi connectivity index (χ1v) is 8.14. The van der Waals surface area contributed by atoms with Crippen molar-refractivity contribution in [1.82, 2.24) is 0 Å². The maximum absolute atomic E-state index is 13.2. The summed E-state index contributed by atoms with van der Waals surface area (Å²) in [6, 6.07) is 15.0. The molecule has 2 aromatic rings. The van der Waals surface area contributed by atoms with Crippen LogP contribution < -0.4 is 21.7 Å². The highest BCUT2D eigenvalue weighted by Crippen LogP contribution is 2.39. The smallest absolute Gasteiger partial charge is 0.257 e. The topological polar surface area (TPSA) is 101 Å². The lowest BCUT2D eigenvalue weighted by atomic mass is 9.79. The summed E-state index contributed by atoms with van der Waals surface area (Å²) >= 11 is 0. The third-order valence-electron chi connectivity index (χ3n) is 4.63. The zero-order chi connectivity index (χ0) is 18.2. The minimum Gasteiger partial charge on any atom is -0.374 e. The van der Waals surface area contributed by atoms with Crippen LogP contribution in [0, 0.1) is 0 Å². The summed E-state index contributed by atoms with van der Waals surface area (Å²) in [6.45, 7) is 1.55. The van der Waals surface area contributed by atoms with Gasteiger partial charge in [0.05, 0.1) is 23.5 Å². The van der Waals surface area contributed by atoms with Crippen molar-refractivity contribution < 1.29 is 9.59 Å². The van der Waals surface area contributed by atoms with Crippen LogP contribution in [0.4, 0.5) is 11.4 Å². The van der Waals surface area contributed by atoms with Crippen LogP contribution in [0.15, 0.2) is 54.6 Å². The molecule has 2 unspecified atom stereocenters. The molecule has 3 rings (SSSR count). The Morgan fingerprint density at radius 2 is 1.76 bits per heavy atom. The molecule has 0 spiro atoms. The number of ketones is 1. The van der Waals surface area contributed by atoms with Gasteiger partial charge < -0.3 is 21.7 Å². The van der Waals surface area contributed by atoms with Gasteiger partial charge in [-0.25, -0.2) is 0 Å². The number of amides is 1. The summed E-state index contributed by atoms with van der Waals surface area (Å²) in [7, 11) is 1.62. The Labute approximate surface area is 146 Å². The molecule has 1 amide bonds. The van der Waals surface area contributed by atoms with Crippen molar-refractivity contribution in [1.29, 1.82) is 0 Å². The van der Waals surface area contributed by atoms with Gasteiger partial charge in [0.2, 0.25) is 0 Å². The molecule has 0 fully saturated rings. The molecule has 0 bridgehead atoms. The fraction of sp³-hybridized carbons (Fsp3) is 0.263. The highest BCUT2D eigenvalue weighted by Gasteiger charge is 2.53. The molecule has 6 heteroatoms. The number of rotatable bonds is 3. The number of nitrogens with zero attached hydrogens (tertiary/aromatic N) is 1. The van der Waals surface area contributed by atoms with E-state index in [1.807, 2.05) is 54.6 Å². The number of fused-ring (bicyclic) bond motifs is 1. The van der Waals surface area contributed by atoms with E-state index in [4.69, 9.17) is 11.5 Å². The predicted molar refractivity (Wildman–Crippen MR) is 98.2 cm³/mol. The van der Waals surface area contributed by atoms with Gasteiger partial charge in [-0.2, -0.15) is 0 Å². The standard InChI is InChI=1S/C19H22N4O2/c1-12(20)17(24)19(21)16(13-8-4-3-5-9-13)22-14-10-6-7-11-15(14)23(2)18(19)25/h3-12,16,22H,20-21H2,1-2H3/t12-,16?,19?/m0/s1. The molecular weight excluding hydrogens is 316 g/mol. The first-order valence-electron chi connectivity index (χ1n) is 8.14. The number of Topliss-reactive ketones (excluding diaryl/α,β-unsaturated/α-hetero) is 1. The fourth-order valence-electron chi connectivity index (χ4n) is 3.28. The van der Waals surface area contributed by atoms with E-state index in [-0.39, 0.29) is 0 Å². The summed E-state index contributed by atoms with van der Waals surface area (Å²) in [4.78, 5) is 27.6. The van der Waals surface area contributed by atoms with Crippen molar-refractivity contribution in [3.8, 4) is 0 Å². The Morgan fingerprint density at radius 1 is 1.16 bits per heavy atom. The van der Waals surface area contributed by atoms with Gasteiger partial charge in [-0.3, -0.25) is 9.59 Å². The highest BCUT2D eigenvalue weighted by atomic mass is 16.2. The third-order valence-corrected chi connectivity index (χ3v) is 4.63. The average Bonchev–Trinajstić information content (AvgIpc) is 2.72. The summed E-state index contributed by atoms with van der Waals surface area (Å²) in [5.41, 5.74) is 12.7. The Morgan fingerprint density at radius 3 is 2.40 bits per heavy atom. The molecule has 0 saturated carbocycles. The Kier molecular flexibility index (Phi) is 4.32. The van der Waals surface area contributed by atoms with Crippen LogP contribution in [0.3, 0.4) is 0 Å². The Bertz CT molecular complexity index is 806. The molecule has 5 N–H and O–H groups in total. The van der Waals surface area contributed by atoms with E-state index in [0.717, 1.165) is 11.3 Å². The molecule has 3 atom stereocenters. The van der Waals surface area contributed by atoms with Crippen molar-refractivity contribution in [3.05, 3.63) is 60.2 Å². The van der Waals surface area contributed by atoms with Crippen molar-refractivity contribution in [2.24, 2.45) is 11.5 Å². The highest BCUT2D eigenvalue weighted by molar-refractivity contribution is 6.20. The maximum atomic E-state index is 13.2. The molecule has 1 aliphatic rings. The van der Waals surface area contributed by atoms with E-state index in [9.17, 15) is 9.59 Å². The molecule has 6 nitrogen and oxygen atoms in total. The first kappa shape index (κ1) is 17.1. The number of hydrogen-bond donors (Lipinski definition) is 3. The molecule has 0 aromatic heterocycles. The van der Waals surface area contributed by atoms with Crippen molar-refractivity contribution in [2.45, 2.75) is 24.5 Å². The molecule has 25 heavy (non-hydrogen) atoms. The molecule has 0 radical (unpaired) electrons. The summed E-state index contributed by atoms with van der Waals surface area (Å²) in [5, 5.41) is 3.30. The number of carbonyl (C=O) groups is 2. The molecule has 0 aliphatic carbocycles. The number of anilines is 2. The van der Waals surface area contributed by atoms with E-state index in [1.54, 1.807) is 14.0 Å². The van der Waals surface area contributed by atoms with Crippen molar-refractivity contribution in [2.75, 3.05) is 17.3 Å². The van der Waals surface area contributed by atoms with Crippen LogP contribution in [-0.4, -0.2) is 30.3 Å². The van der Waals surface area contributed by atoms with Crippen molar-refractivity contribution >= 4 is 23.1 Å². The third kappa shape index (κ3) is 2.69. The van der Waals surface area contributed by atoms with E-state index in [0.29, 0.717) is 5.69 Å². The molecule has 1 heterocycles.